The van der Waals surface area contributed by atoms with Gasteiger partial charge in [0.15, 0.2) is 5.78 Å². The molecule has 5 nitrogen and oxygen atoms in total. The van der Waals surface area contributed by atoms with E-state index in [9.17, 15) is 4.79 Å². The monoisotopic (exact) mass is 415 g/mol. The van der Waals surface area contributed by atoms with Crippen LogP contribution in [0, 0.1) is 0 Å². The summed E-state index contributed by atoms with van der Waals surface area (Å²) in [5.41, 5.74) is 5.02. The summed E-state index contributed by atoms with van der Waals surface area (Å²) in [7, 11) is 0. The van der Waals surface area contributed by atoms with Crippen LogP contribution in [0.4, 0.5) is 5.69 Å². The van der Waals surface area contributed by atoms with Gasteiger partial charge in [-0.2, -0.15) is 0 Å². The molecule has 5 heteroatoms. The summed E-state index contributed by atoms with van der Waals surface area (Å²) in [5.74, 6) is 0.935. The molecule has 1 aromatic heterocycles. The minimum atomic E-state index is 0.124. The highest BCUT2D eigenvalue weighted by molar-refractivity contribution is 6.13. The molecule has 0 bridgehead atoms. The number of nitrogens with zero attached hydrogens (tertiary/aromatic N) is 3. The SMILES string of the molecule is CCN(CC)c1ccc(C=C2CCc3cc(OCCn4ccnc4)ccc3C2=O)cc1. The van der Waals surface area contributed by atoms with Crippen molar-refractivity contribution in [2.24, 2.45) is 0 Å². The van der Waals surface area contributed by atoms with Gasteiger partial charge in [0.1, 0.15) is 12.4 Å². The summed E-state index contributed by atoms with van der Waals surface area (Å²) in [6.07, 6.45) is 9.09. The van der Waals surface area contributed by atoms with Crippen molar-refractivity contribution >= 4 is 17.5 Å². The van der Waals surface area contributed by atoms with Crippen molar-refractivity contribution in [2.45, 2.75) is 33.2 Å². The fraction of sp³-hybridized carbons (Fsp3) is 0.308. The molecule has 4 rings (SSSR count). The molecule has 0 saturated carbocycles. The van der Waals surface area contributed by atoms with Gasteiger partial charge in [0.2, 0.25) is 0 Å². The number of carbonyl (C=O) groups is 1. The minimum absolute atomic E-state index is 0.124. The molecule has 0 fully saturated rings. The summed E-state index contributed by atoms with van der Waals surface area (Å²) in [5, 5.41) is 0. The van der Waals surface area contributed by atoms with Crippen molar-refractivity contribution in [2.75, 3.05) is 24.6 Å². The maximum atomic E-state index is 13.0. The van der Waals surface area contributed by atoms with Gasteiger partial charge < -0.3 is 14.2 Å². The number of imidazole rings is 1. The average molecular weight is 416 g/mol. The van der Waals surface area contributed by atoms with Crippen LogP contribution in [-0.2, 0) is 13.0 Å². The van der Waals surface area contributed by atoms with E-state index in [4.69, 9.17) is 4.74 Å². The summed E-state index contributed by atoms with van der Waals surface area (Å²) in [4.78, 5) is 19.4. The zero-order valence-electron chi connectivity index (χ0n) is 18.3. The maximum absolute atomic E-state index is 13.0. The number of hydrogen-bond donors (Lipinski definition) is 0. The Morgan fingerprint density at radius 1 is 1.10 bits per heavy atom. The lowest BCUT2D eigenvalue weighted by Gasteiger charge is -2.21. The van der Waals surface area contributed by atoms with Crippen molar-refractivity contribution in [3.63, 3.8) is 0 Å². The molecular weight excluding hydrogens is 386 g/mol. The molecule has 160 valence electrons. The predicted molar refractivity (Wildman–Crippen MR) is 125 cm³/mol. The standard InChI is InChI=1S/C26H29N3O2/c1-3-29(4-2)23-9-5-20(6-10-23)17-22-8-7-21-18-24(11-12-25(21)26(22)30)31-16-15-28-14-13-27-19-28/h5-6,9-14,17-19H,3-4,7-8,15-16H2,1-2H3. The van der Waals surface area contributed by atoms with E-state index in [1.165, 1.54) is 5.69 Å². The van der Waals surface area contributed by atoms with E-state index in [1.54, 1.807) is 12.5 Å². The number of aromatic nitrogens is 2. The second-order valence-corrected chi connectivity index (χ2v) is 7.73. The molecule has 31 heavy (non-hydrogen) atoms. The van der Waals surface area contributed by atoms with Crippen LogP contribution in [0.15, 0.2) is 66.8 Å². The molecule has 3 aromatic rings. The first-order chi connectivity index (χ1) is 15.2. The highest BCUT2D eigenvalue weighted by Crippen LogP contribution is 2.30. The molecule has 0 atom stereocenters. The van der Waals surface area contributed by atoms with Crippen LogP contribution in [0.5, 0.6) is 5.75 Å². The Balaban J connectivity index is 1.43. The Kier molecular flexibility index (Phi) is 6.51. The first kappa shape index (κ1) is 20.9. The Labute approximate surface area is 184 Å². The van der Waals surface area contributed by atoms with Crippen molar-refractivity contribution < 1.29 is 9.53 Å². The van der Waals surface area contributed by atoms with Gasteiger partial charge in [-0.15, -0.1) is 0 Å². The van der Waals surface area contributed by atoms with Crippen molar-refractivity contribution in [1.82, 2.24) is 9.55 Å². The van der Waals surface area contributed by atoms with E-state index in [0.717, 1.165) is 60.5 Å². The van der Waals surface area contributed by atoms with E-state index < -0.39 is 0 Å². The summed E-state index contributed by atoms with van der Waals surface area (Å²) in [6, 6.07) is 14.3. The zero-order chi connectivity index (χ0) is 21.6. The second kappa shape index (κ2) is 9.65. The molecular formula is C26H29N3O2. The number of aryl methyl sites for hydroxylation is 1. The molecule has 1 aliphatic rings. The molecule has 0 aliphatic heterocycles. The number of anilines is 1. The summed E-state index contributed by atoms with van der Waals surface area (Å²) < 4.78 is 7.85. The quantitative estimate of drug-likeness (QED) is 0.485. The van der Waals surface area contributed by atoms with E-state index >= 15 is 0 Å². The lowest BCUT2D eigenvalue weighted by atomic mass is 9.86. The molecule has 0 amide bonds. The zero-order valence-corrected chi connectivity index (χ0v) is 18.3. The molecule has 0 saturated heterocycles. The molecule has 2 aromatic carbocycles. The van der Waals surface area contributed by atoms with Crippen LogP contribution < -0.4 is 9.64 Å². The summed E-state index contributed by atoms with van der Waals surface area (Å²) in [6.45, 7) is 7.61. The number of ketones is 1. The van der Waals surface area contributed by atoms with Crippen LogP contribution in [0.1, 0.15) is 41.8 Å². The van der Waals surface area contributed by atoms with Crippen molar-refractivity contribution in [3.05, 3.63) is 83.4 Å². The van der Waals surface area contributed by atoms with Crippen LogP contribution in [0.2, 0.25) is 0 Å². The molecule has 0 radical (unpaired) electrons. The number of benzene rings is 2. The Hall–Kier alpha value is -3.34. The highest BCUT2D eigenvalue weighted by atomic mass is 16.5. The third-order valence-electron chi connectivity index (χ3n) is 5.82. The fourth-order valence-corrected chi connectivity index (χ4v) is 4.04. The van der Waals surface area contributed by atoms with Gasteiger partial charge in [-0.3, -0.25) is 4.79 Å². The van der Waals surface area contributed by atoms with Crippen LogP contribution >= 0.6 is 0 Å². The number of carbonyl (C=O) groups excluding carboxylic acids is 1. The van der Waals surface area contributed by atoms with Gasteiger partial charge in [0.05, 0.1) is 12.9 Å². The van der Waals surface area contributed by atoms with Crippen molar-refractivity contribution in [1.29, 1.82) is 0 Å². The Bertz CT molecular complexity index is 1050. The average Bonchev–Trinajstić information content (AvgIpc) is 3.31. The predicted octanol–water partition coefficient (Wildman–Crippen LogP) is 5.02. The maximum Gasteiger partial charge on any atom is 0.189 e. The second-order valence-electron chi connectivity index (χ2n) is 7.73. The van der Waals surface area contributed by atoms with Gasteiger partial charge in [0.25, 0.3) is 0 Å². The third-order valence-corrected chi connectivity index (χ3v) is 5.82. The number of allylic oxidation sites excluding steroid dienone is 1. The third kappa shape index (κ3) is 4.88. The highest BCUT2D eigenvalue weighted by Gasteiger charge is 2.22. The molecule has 0 N–H and O–H groups in total. The van der Waals surface area contributed by atoms with E-state index in [-0.39, 0.29) is 5.78 Å². The van der Waals surface area contributed by atoms with E-state index in [2.05, 4.69) is 48.0 Å². The van der Waals surface area contributed by atoms with Gasteiger partial charge in [-0.25, -0.2) is 4.98 Å². The topological polar surface area (TPSA) is 47.4 Å². The smallest absolute Gasteiger partial charge is 0.189 e. The van der Waals surface area contributed by atoms with E-state index in [1.807, 2.05) is 35.0 Å². The lowest BCUT2D eigenvalue weighted by Crippen LogP contribution is -2.21. The number of ether oxygens (including phenoxy) is 1. The minimum Gasteiger partial charge on any atom is -0.492 e. The number of rotatable bonds is 8. The van der Waals surface area contributed by atoms with Gasteiger partial charge in [-0.05, 0) is 74.2 Å². The lowest BCUT2D eigenvalue weighted by molar-refractivity contribution is 0.102. The van der Waals surface area contributed by atoms with Gasteiger partial charge in [-0.1, -0.05) is 12.1 Å². The van der Waals surface area contributed by atoms with Crippen LogP contribution in [-0.4, -0.2) is 35.0 Å². The largest absolute Gasteiger partial charge is 0.492 e. The van der Waals surface area contributed by atoms with Crippen molar-refractivity contribution in [3.8, 4) is 5.75 Å². The molecule has 0 spiro atoms. The first-order valence-corrected chi connectivity index (χ1v) is 11.0. The van der Waals surface area contributed by atoms with Gasteiger partial charge >= 0.3 is 0 Å². The Morgan fingerprint density at radius 2 is 1.90 bits per heavy atom. The van der Waals surface area contributed by atoms with E-state index in [0.29, 0.717) is 6.61 Å². The van der Waals surface area contributed by atoms with Crippen LogP contribution in [0.3, 0.4) is 0 Å². The molecule has 1 heterocycles. The first-order valence-electron chi connectivity index (χ1n) is 11.0. The fourth-order valence-electron chi connectivity index (χ4n) is 4.04. The summed E-state index contributed by atoms with van der Waals surface area (Å²) >= 11 is 0. The van der Waals surface area contributed by atoms with Gasteiger partial charge in [0, 0.05) is 42.3 Å². The number of hydrogen-bond acceptors (Lipinski definition) is 4. The Morgan fingerprint density at radius 3 is 2.61 bits per heavy atom. The van der Waals surface area contributed by atoms with Crippen LogP contribution in [0.25, 0.3) is 6.08 Å². The molecule has 0 unspecified atom stereocenters. The molecule has 1 aliphatic carbocycles. The number of fused-ring (bicyclic) bond motifs is 1. The number of Topliss-reactive ketones (excluding diaryl/α,β-unsaturated/α-hetero) is 1. The normalized spacial score (nSPS) is 14.5.